The number of piperidine rings is 1. The first-order valence-electron chi connectivity index (χ1n) is 9.78. The molecule has 0 bridgehead atoms. The highest BCUT2D eigenvalue weighted by Gasteiger charge is 2.32. The highest BCUT2D eigenvalue weighted by Crippen LogP contribution is 2.30. The Morgan fingerprint density at radius 1 is 1.17 bits per heavy atom. The van der Waals surface area contributed by atoms with Crippen molar-refractivity contribution < 1.29 is 17.5 Å². The summed E-state index contributed by atoms with van der Waals surface area (Å²) < 4.78 is 44.6. The molecular formula is C22H23FN2O3S2. The molecule has 0 radical (unpaired) electrons. The van der Waals surface area contributed by atoms with Gasteiger partial charge in [0.1, 0.15) is 11.6 Å². The van der Waals surface area contributed by atoms with Crippen molar-refractivity contribution in [2.24, 2.45) is 0 Å². The number of benzene rings is 2. The second-order valence-corrected chi connectivity index (χ2v) is 10.4. The zero-order valence-electron chi connectivity index (χ0n) is 16.6. The number of thiazole rings is 1. The molecule has 1 fully saturated rings. The number of methoxy groups -OCH3 is 1. The van der Waals surface area contributed by atoms with Crippen LogP contribution in [-0.2, 0) is 16.3 Å². The first-order chi connectivity index (χ1) is 14.5. The lowest BCUT2D eigenvalue weighted by atomic mass is 10.1. The first kappa shape index (κ1) is 20.8. The molecule has 0 spiro atoms. The Morgan fingerprint density at radius 2 is 1.93 bits per heavy atom. The monoisotopic (exact) mass is 446 g/mol. The van der Waals surface area contributed by atoms with Crippen LogP contribution in [0.2, 0.25) is 0 Å². The van der Waals surface area contributed by atoms with Gasteiger partial charge >= 0.3 is 0 Å². The SMILES string of the molecule is COc1ccccc1Cc1csc(N2CCC(S(=O)(=O)c3cccc(F)c3)CC2)n1. The van der Waals surface area contributed by atoms with Gasteiger partial charge in [-0.1, -0.05) is 24.3 Å². The largest absolute Gasteiger partial charge is 0.496 e. The number of nitrogens with zero attached hydrogens (tertiary/aromatic N) is 2. The predicted octanol–water partition coefficient (Wildman–Crippen LogP) is 4.32. The molecule has 1 saturated heterocycles. The van der Waals surface area contributed by atoms with E-state index in [1.54, 1.807) is 18.4 Å². The van der Waals surface area contributed by atoms with Crippen molar-refractivity contribution in [3.05, 3.63) is 71.0 Å². The molecule has 0 N–H and O–H groups in total. The van der Waals surface area contributed by atoms with E-state index in [9.17, 15) is 12.8 Å². The zero-order chi connectivity index (χ0) is 21.1. The van der Waals surface area contributed by atoms with E-state index in [-0.39, 0.29) is 4.90 Å². The maximum absolute atomic E-state index is 13.5. The molecule has 0 aliphatic carbocycles. The molecule has 0 amide bonds. The second-order valence-electron chi connectivity index (χ2n) is 7.30. The molecule has 2 aromatic carbocycles. The van der Waals surface area contributed by atoms with Gasteiger partial charge in [-0.3, -0.25) is 0 Å². The topological polar surface area (TPSA) is 59.5 Å². The Kier molecular flexibility index (Phi) is 6.06. The lowest BCUT2D eigenvalue weighted by Gasteiger charge is -2.31. The minimum absolute atomic E-state index is 0.0642. The van der Waals surface area contributed by atoms with E-state index in [1.165, 1.54) is 18.2 Å². The molecule has 0 atom stereocenters. The van der Waals surface area contributed by atoms with Gasteiger partial charge in [-0.2, -0.15) is 0 Å². The van der Waals surface area contributed by atoms with Gasteiger partial charge < -0.3 is 9.64 Å². The number of rotatable bonds is 6. The van der Waals surface area contributed by atoms with Crippen molar-refractivity contribution in [2.45, 2.75) is 29.4 Å². The number of hydrogen-bond donors (Lipinski definition) is 0. The summed E-state index contributed by atoms with van der Waals surface area (Å²) in [6.07, 6.45) is 1.69. The Labute approximate surface area is 180 Å². The number of anilines is 1. The Balaban J connectivity index is 1.41. The lowest BCUT2D eigenvalue weighted by molar-refractivity contribution is 0.410. The molecule has 5 nitrogen and oxygen atoms in total. The predicted molar refractivity (Wildman–Crippen MR) is 117 cm³/mol. The van der Waals surface area contributed by atoms with E-state index >= 15 is 0 Å². The number of ether oxygens (including phenoxy) is 1. The number of hydrogen-bond acceptors (Lipinski definition) is 6. The summed E-state index contributed by atoms with van der Waals surface area (Å²) in [4.78, 5) is 6.95. The number of halogens is 1. The molecule has 1 aliphatic rings. The minimum Gasteiger partial charge on any atom is -0.496 e. The molecule has 30 heavy (non-hydrogen) atoms. The van der Waals surface area contributed by atoms with Crippen molar-refractivity contribution in [3.8, 4) is 5.75 Å². The number of sulfone groups is 1. The van der Waals surface area contributed by atoms with Gasteiger partial charge in [-0.25, -0.2) is 17.8 Å². The van der Waals surface area contributed by atoms with Crippen molar-refractivity contribution in [1.29, 1.82) is 0 Å². The van der Waals surface area contributed by atoms with Gasteiger partial charge in [0.05, 0.1) is 22.9 Å². The zero-order valence-corrected chi connectivity index (χ0v) is 18.3. The molecule has 0 saturated carbocycles. The third-order valence-corrected chi connectivity index (χ3v) is 8.59. The van der Waals surface area contributed by atoms with Crippen LogP contribution in [-0.4, -0.2) is 38.9 Å². The van der Waals surface area contributed by atoms with Crippen LogP contribution in [0.1, 0.15) is 24.1 Å². The maximum Gasteiger partial charge on any atom is 0.185 e. The number of aromatic nitrogens is 1. The van der Waals surface area contributed by atoms with Crippen molar-refractivity contribution in [1.82, 2.24) is 4.98 Å². The van der Waals surface area contributed by atoms with Crippen LogP contribution < -0.4 is 9.64 Å². The highest BCUT2D eigenvalue weighted by atomic mass is 32.2. The lowest BCUT2D eigenvalue weighted by Crippen LogP contribution is -2.39. The smallest absolute Gasteiger partial charge is 0.185 e. The fourth-order valence-corrected chi connectivity index (χ4v) is 6.40. The standard InChI is InChI=1S/C22H23FN2O3S2/c1-28-21-8-3-2-5-16(21)13-18-15-29-22(24-18)25-11-9-19(10-12-25)30(26,27)20-7-4-6-17(23)14-20/h2-8,14-15,19H,9-13H2,1H3. The van der Waals surface area contributed by atoms with E-state index in [0.717, 1.165) is 28.2 Å². The third-order valence-electron chi connectivity index (χ3n) is 5.38. The van der Waals surface area contributed by atoms with Crippen LogP contribution in [0, 0.1) is 5.82 Å². The van der Waals surface area contributed by atoms with Crippen LogP contribution in [0.5, 0.6) is 5.75 Å². The van der Waals surface area contributed by atoms with Gasteiger partial charge in [-0.05, 0) is 37.1 Å². The Bertz CT molecular complexity index is 1120. The van der Waals surface area contributed by atoms with Crippen molar-refractivity contribution in [2.75, 3.05) is 25.1 Å². The summed E-state index contributed by atoms with van der Waals surface area (Å²) in [5, 5.41) is 2.45. The van der Waals surface area contributed by atoms with Crippen LogP contribution in [0.15, 0.2) is 58.8 Å². The maximum atomic E-state index is 13.5. The molecule has 1 aliphatic heterocycles. The fourth-order valence-electron chi connectivity index (χ4n) is 3.76. The Morgan fingerprint density at radius 3 is 2.67 bits per heavy atom. The highest BCUT2D eigenvalue weighted by molar-refractivity contribution is 7.92. The van der Waals surface area contributed by atoms with E-state index in [1.807, 2.05) is 29.6 Å². The van der Waals surface area contributed by atoms with Crippen molar-refractivity contribution >= 4 is 26.3 Å². The van der Waals surface area contributed by atoms with Gasteiger partial charge in [-0.15, -0.1) is 11.3 Å². The van der Waals surface area contributed by atoms with Gasteiger partial charge in [0.25, 0.3) is 0 Å². The molecule has 3 aromatic rings. The van der Waals surface area contributed by atoms with E-state index in [4.69, 9.17) is 9.72 Å². The molecule has 2 heterocycles. The second kappa shape index (κ2) is 8.73. The van der Waals surface area contributed by atoms with Crippen LogP contribution in [0.25, 0.3) is 0 Å². The van der Waals surface area contributed by atoms with E-state index in [0.29, 0.717) is 32.4 Å². The first-order valence-corrected chi connectivity index (χ1v) is 12.2. The summed E-state index contributed by atoms with van der Waals surface area (Å²) in [6, 6.07) is 13.2. The Hall–Kier alpha value is -2.45. The van der Waals surface area contributed by atoms with Crippen LogP contribution in [0.3, 0.4) is 0 Å². The minimum atomic E-state index is -3.53. The summed E-state index contributed by atoms with van der Waals surface area (Å²) in [5.74, 6) is 0.314. The fraction of sp³-hybridized carbons (Fsp3) is 0.318. The normalized spacial score (nSPS) is 15.3. The van der Waals surface area contributed by atoms with Crippen LogP contribution >= 0.6 is 11.3 Å². The summed E-state index contributed by atoms with van der Waals surface area (Å²) >= 11 is 1.57. The number of para-hydroxylation sites is 1. The molecule has 158 valence electrons. The average Bonchev–Trinajstić information content (AvgIpc) is 3.23. The van der Waals surface area contributed by atoms with Gasteiger partial charge in [0.2, 0.25) is 0 Å². The van der Waals surface area contributed by atoms with Gasteiger partial charge in [0.15, 0.2) is 15.0 Å². The van der Waals surface area contributed by atoms with Crippen LogP contribution in [0.4, 0.5) is 9.52 Å². The quantitative estimate of drug-likeness (QED) is 0.564. The summed E-state index contributed by atoms with van der Waals surface area (Å²) in [7, 11) is -1.87. The van der Waals surface area contributed by atoms with Gasteiger partial charge in [0, 0.05) is 30.5 Å². The molecule has 8 heteroatoms. The third kappa shape index (κ3) is 4.34. The van der Waals surface area contributed by atoms with E-state index < -0.39 is 20.9 Å². The van der Waals surface area contributed by atoms with E-state index in [2.05, 4.69) is 4.90 Å². The molecule has 0 unspecified atom stereocenters. The van der Waals surface area contributed by atoms with Crippen molar-refractivity contribution in [3.63, 3.8) is 0 Å². The summed E-state index contributed by atoms with van der Waals surface area (Å²) in [5.41, 5.74) is 2.05. The average molecular weight is 447 g/mol. The molecule has 1 aromatic heterocycles. The summed E-state index contributed by atoms with van der Waals surface area (Å²) in [6.45, 7) is 1.22. The molecular weight excluding hydrogens is 423 g/mol. The molecule has 4 rings (SSSR count).